The summed E-state index contributed by atoms with van der Waals surface area (Å²) in [5, 5.41) is 4.97. The molecular weight excluding hydrogens is 268 g/mol. The van der Waals surface area contributed by atoms with Crippen LogP contribution in [-0.4, -0.2) is 10.1 Å². The van der Waals surface area contributed by atoms with E-state index in [9.17, 15) is 0 Å². The van der Waals surface area contributed by atoms with E-state index < -0.39 is 0 Å². The Morgan fingerprint density at radius 3 is 2.75 bits per heavy atom. The van der Waals surface area contributed by atoms with Crippen LogP contribution in [0.3, 0.4) is 0 Å². The van der Waals surface area contributed by atoms with E-state index in [0.717, 1.165) is 21.1 Å². The first-order valence-corrected chi connectivity index (χ1v) is 5.60. The predicted molar refractivity (Wildman–Crippen MR) is 64.9 cm³/mol. The first-order chi connectivity index (χ1) is 7.84. The number of nitrogens with zero attached hydrogens (tertiary/aromatic N) is 2. The number of halogens is 1. The minimum Gasteiger partial charge on any atom is -0.335 e. The van der Waals surface area contributed by atoms with Gasteiger partial charge in [-0.25, -0.2) is 4.98 Å². The maximum absolute atomic E-state index is 5.18. The summed E-state index contributed by atoms with van der Waals surface area (Å²) in [5.41, 5.74) is 2.41. The van der Waals surface area contributed by atoms with Crippen LogP contribution in [0.1, 0.15) is 0 Å². The monoisotopic (exact) mass is 274 g/mol. The van der Waals surface area contributed by atoms with E-state index >= 15 is 0 Å². The van der Waals surface area contributed by atoms with Crippen LogP contribution in [0.5, 0.6) is 0 Å². The molecule has 78 valence electrons. The quantitative estimate of drug-likeness (QED) is 0.680. The molecule has 0 N–H and O–H groups in total. The first-order valence-electron chi connectivity index (χ1n) is 4.81. The summed E-state index contributed by atoms with van der Waals surface area (Å²) in [6.07, 6.45) is 1.70. The largest absolute Gasteiger partial charge is 0.335 e. The summed E-state index contributed by atoms with van der Waals surface area (Å²) in [6.45, 7) is 0. The second kappa shape index (κ2) is 3.72. The minimum atomic E-state index is 0.557. The Hall–Kier alpha value is -1.68. The third-order valence-electron chi connectivity index (χ3n) is 2.34. The standard InChI is InChI=1S/C12H7BrN2O/c13-9-6-10-11(8-4-2-1-3-5-8)15-16-12(10)14-7-9/h1-7H. The average Bonchev–Trinajstić information content (AvgIpc) is 2.73. The molecule has 0 aliphatic carbocycles. The lowest BCUT2D eigenvalue weighted by atomic mass is 10.1. The molecule has 0 bridgehead atoms. The van der Waals surface area contributed by atoms with Crippen molar-refractivity contribution in [1.82, 2.24) is 10.1 Å². The Balaban J connectivity index is 2.29. The Labute approximate surface area is 100 Å². The molecule has 2 aromatic heterocycles. The third kappa shape index (κ3) is 1.51. The molecule has 16 heavy (non-hydrogen) atoms. The van der Waals surface area contributed by atoms with Gasteiger partial charge in [0.15, 0.2) is 0 Å². The maximum atomic E-state index is 5.18. The lowest BCUT2D eigenvalue weighted by molar-refractivity contribution is 0.451. The molecule has 4 heteroatoms. The number of pyridine rings is 1. The Morgan fingerprint density at radius 2 is 1.94 bits per heavy atom. The van der Waals surface area contributed by atoms with Crippen LogP contribution < -0.4 is 0 Å². The average molecular weight is 275 g/mol. The minimum absolute atomic E-state index is 0.557. The summed E-state index contributed by atoms with van der Waals surface area (Å²) in [7, 11) is 0. The molecule has 0 aliphatic heterocycles. The normalized spacial score (nSPS) is 10.8. The van der Waals surface area contributed by atoms with Gasteiger partial charge < -0.3 is 4.52 Å². The zero-order valence-electron chi connectivity index (χ0n) is 8.22. The van der Waals surface area contributed by atoms with Gasteiger partial charge in [0, 0.05) is 16.2 Å². The molecule has 3 aromatic rings. The fourth-order valence-electron chi connectivity index (χ4n) is 1.61. The molecule has 0 spiro atoms. The summed E-state index contributed by atoms with van der Waals surface area (Å²) in [4.78, 5) is 4.15. The van der Waals surface area contributed by atoms with Gasteiger partial charge in [-0.3, -0.25) is 0 Å². The summed E-state index contributed by atoms with van der Waals surface area (Å²) in [6, 6.07) is 11.9. The Kier molecular flexibility index (Phi) is 2.22. The van der Waals surface area contributed by atoms with E-state index in [1.807, 2.05) is 36.4 Å². The molecule has 0 saturated carbocycles. The van der Waals surface area contributed by atoms with Crippen LogP contribution >= 0.6 is 15.9 Å². The van der Waals surface area contributed by atoms with Gasteiger partial charge in [0.05, 0.1) is 5.39 Å². The van der Waals surface area contributed by atoms with Gasteiger partial charge >= 0.3 is 0 Å². The van der Waals surface area contributed by atoms with Crippen LogP contribution in [0, 0.1) is 0 Å². The highest BCUT2D eigenvalue weighted by Gasteiger charge is 2.10. The zero-order valence-corrected chi connectivity index (χ0v) is 9.81. The zero-order chi connectivity index (χ0) is 11.0. The molecule has 0 aliphatic rings. The van der Waals surface area contributed by atoms with Crippen molar-refractivity contribution in [2.45, 2.75) is 0 Å². The first kappa shape index (κ1) is 9.54. The second-order valence-electron chi connectivity index (χ2n) is 3.40. The number of hydrogen-bond acceptors (Lipinski definition) is 3. The lowest BCUT2D eigenvalue weighted by Crippen LogP contribution is -1.78. The fraction of sp³-hybridized carbons (Fsp3) is 0. The second-order valence-corrected chi connectivity index (χ2v) is 4.32. The summed E-state index contributed by atoms with van der Waals surface area (Å²) in [5.74, 6) is 0. The van der Waals surface area contributed by atoms with Crippen LogP contribution in [0.4, 0.5) is 0 Å². The van der Waals surface area contributed by atoms with Crippen molar-refractivity contribution in [1.29, 1.82) is 0 Å². The van der Waals surface area contributed by atoms with Crippen molar-refractivity contribution in [2.75, 3.05) is 0 Å². The van der Waals surface area contributed by atoms with Gasteiger partial charge in [-0.2, -0.15) is 0 Å². The highest BCUT2D eigenvalue weighted by atomic mass is 79.9. The van der Waals surface area contributed by atoms with Gasteiger partial charge in [0.2, 0.25) is 0 Å². The molecule has 0 unspecified atom stereocenters. The van der Waals surface area contributed by atoms with Crippen LogP contribution in [0.15, 0.2) is 51.6 Å². The van der Waals surface area contributed by atoms with E-state index in [4.69, 9.17) is 4.52 Å². The van der Waals surface area contributed by atoms with Crippen LogP contribution in [-0.2, 0) is 0 Å². The predicted octanol–water partition coefficient (Wildman–Crippen LogP) is 3.65. The van der Waals surface area contributed by atoms with Crippen molar-refractivity contribution in [3.05, 3.63) is 47.1 Å². The topological polar surface area (TPSA) is 38.9 Å². The van der Waals surface area contributed by atoms with E-state index in [2.05, 4.69) is 26.1 Å². The SMILES string of the molecule is Brc1cnc2onc(-c3ccccc3)c2c1. The van der Waals surface area contributed by atoms with Crippen molar-refractivity contribution >= 4 is 27.0 Å². The van der Waals surface area contributed by atoms with E-state index in [0.29, 0.717) is 5.71 Å². The molecule has 1 aromatic carbocycles. The van der Waals surface area contributed by atoms with Crippen molar-refractivity contribution in [3.63, 3.8) is 0 Å². The number of fused-ring (bicyclic) bond motifs is 1. The number of benzene rings is 1. The molecule has 3 nitrogen and oxygen atoms in total. The summed E-state index contributed by atoms with van der Waals surface area (Å²) >= 11 is 3.39. The van der Waals surface area contributed by atoms with Crippen molar-refractivity contribution in [2.24, 2.45) is 0 Å². The van der Waals surface area contributed by atoms with Gasteiger partial charge in [0.25, 0.3) is 5.71 Å². The van der Waals surface area contributed by atoms with E-state index in [1.165, 1.54) is 0 Å². The molecular formula is C12H7BrN2O. The Bertz CT molecular complexity index is 634. The van der Waals surface area contributed by atoms with E-state index in [-0.39, 0.29) is 0 Å². The van der Waals surface area contributed by atoms with Gasteiger partial charge in [-0.1, -0.05) is 35.5 Å². The molecule has 2 heterocycles. The number of aromatic nitrogens is 2. The highest BCUT2D eigenvalue weighted by molar-refractivity contribution is 9.10. The van der Waals surface area contributed by atoms with E-state index in [1.54, 1.807) is 6.20 Å². The van der Waals surface area contributed by atoms with Crippen molar-refractivity contribution in [3.8, 4) is 11.3 Å². The number of rotatable bonds is 1. The highest BCUT2D eigenvalue weighted by Crippen LogP contribution is 2.28. The lowest BCUT2D eigenvalue weighted by Gasteiger charge is -1.95. The molecule has 0 fully saturated rings. The Morgan fingerprint density at radius 1 is 1.12 bits per heavy atom. The van der Waals surface area contributed by atoms with Gasteiger partial charge in [-0.05, 0) is 22.0 Å². The fourth-order valence-corrected chi connectivity index (χ4v) is 1.94. The summed E-state index contributed by atoms with van der Waals surface area (Å²) < 4.78 is 6.09. The van der Waals surface area contributed by atoms with Crippen LogP contribution in [0.25, 0.3) is 22.4 Å². The molecule has 0 radical (unpaired) electrons. The molecule has 3 rings (SSSR count). The smallest absolute Gasteiger partial charge is 0.258 e. The third-order valence-corrected chi connectivity index (χ3v) is 2.78. The molecule has 0 saturated heterocycles. The van der Waals surface area contributed by atoms with Crippen molar-refractivity contribution < 1.29 is 4.52 Å². The van der Waals surface area contributed by atoms with Gasteiger partial charge in [0.1, 0.15) is 5.69 Å². The van der Waals surface area contributed by atoms with Crippen LogP contribution in [0.2, 0.25) is 0 Å². The molecule has 0 atom stereocenters. The number of hydrogen-bond donors (Lipinski definition) is 0. The molecule has 0 amide bonds. The maximum Gasteiger partial charge on any atom is 0.258 e. The van der Waals surface area contributed by atoms with Gasteiger partial charge in [-0.15, -0.1) is 0 Å².